The molecule has 2 aliphatic rings. The van der Waals surface area contributed by atoms with Crippen LogP contribution in [0.25, 0.3) is 22.2 Å². The van der Waals surface area contributed by atoms with Crippen molar-refractivity contribution in [3.8, 4) is 11.3 Å². The van der Waals surface area contributed by atoms with Crippen molar-refractivity contribution in [3.05, 3.63) is 119 Å². The zero-order valence-corrected chi connectivity index (χ0v) is 27.5. The number of unbranched alkanes of at least 4 members (excludes halogenated alkanes) is 3. The molecule has 0 fully saturated rings. The molecule has 2 atom stereocenters. The van der Waals surface area contributed by atoms with Gasteiger partial charge in [-0.2, -0.15) is 0 Å². The Morgan fingerprint density at radius 2 is 1.60 bits per heavy atom. The molecule has 0 aliphatic heterocycles. The summed E-state index contributed by atoms with van der Waals surface area (Å²) in [5.74, 6) is -0.138. The summed E-state index contributed by atoms with van der Waals surface area (Å²) in [4.78, 5) is 0. The lowest BCUT2D eigenvalue weighted by molar-refractivity contribution is -0.00471. The van der Waals surface area contributed by atoms with E-state index in [4.69, 9.17) is 4.74 Å². The van der Waals surface area contributed by atoms with Crippen LogP contribution in [0.3, 0.4) is 0 Å². The van der Waals surface area contributed by atoms with E-state index in [1.165, 1.54) is 64.2 Å². The smallest absolute Gasteiger partial charge is 0.128 e. The quantitative estimate of drug-likeness (QED) is 0.125. The number of hydrogen-bond donors (Lipinski definition) is 0. The maximum absolute atomic E-state index is 15.0. The molecule has 6 rings (SSSR count). The summed E-state index contributed by atoms with van der Waals surface area (Å²) < 4.78 is 23.4. The van der Waals surface area contributed by atoms with Crippen LogP contribution in [0.2, 0.25) is 18.1 Å². The molecule has 1 heterocycles. The van der Waals surface area contributed by atoms with E-state index in [9.17, 15) is 0 Å². The Kier molecular flexibility index (Phi) is 8.36. The van der Waals surface area contributed by atoms with Crippen LogP contribution in [0.15, 0.2) is 91.0 Å². The number of hydrogen-bond acceptors (Lipinski definition) is 1. The third kappa shape index (κ3) is 5.84. The van der Waals surface area contributed by atoms with Gasteiger partial charge >= 0.3 is 0 Å². The summed E-state index contributed by atoms with van der Waals surface area (Å²) in [6, 6.07) is 24.5. The van der Waals surface area contributed by atoms with Crippen molar-refractivity contribution in [1.82, 2.24) is 4.57 Å². The van der Waals surface area contributed by atoms with E-state index in [2.05, 4.69) is 106 Å². The van der Waals surface area contributed by atoms with Crippen LogP contribution < -0.4 is 0 Å². The topological polar surface area (TPSA) is 14.2 Å². The molecule has 0 amide bonds. The summed E-state index contributed by atoms with van der Waals surface area (Å²) in [5.41, 5.74) is 9.62. The van der Waals surface area contributed by atoms with Crippen molar-refractivity contribution >= 4 is 19.0 Å². The number of allylic oxidation sites excluding steroid dienone is 4. The predicted molar refractivity (Wildman–Crippen MR) is 182 cm³/mol. The number of nitrogens with zero attached hydrogens (tertiary/aromatic N) is 1. The van der Waals surface area contributed by atoms with Gasteiger partial charge in [0.1, 0.15) is 5.82 Å². The Hall–Kier alpha value is -3.21. The van der Waals surface area contributed by atoms with Gasteiger partial charge in [0, 0.05) is 34.2 Å². The summed E-state index contributed by atoms with van der Waals surface area (Å²) in [6.45, 7) is 12.6. The first kappa shape index (κ1) is 29.8. The number of rotatable bonds is 11. The lowest BCUT2D eigenvalue weighted by Crippen LogP contribution is -2.42. The molecule has 224 valence electrons. The van der Waals surface area contributed by atoms with Crippen molar-refractivity contribution in [2.75, 3.05) is 6.61 Å². The van der Waals surface area contributed by atoms with E-state index in [0.717, 1.165) is 18.6 Å². The highest BCUT2D eigenvalue weighted by atomic mass is 28.3. The third-order valence-electron chi connectivity index (χ3n) is 9.67. The molecule has 0 saturated carbocycles. The van der Waals surface area contributed by atoms with E-state index in [0.29, 0.717) is 17.6 Å². The molecule has 1 aromatic heterocycles. The fourth-order valence-electron chi connectivity index (χ4n) is 7.56. The first-order valence-electron chi connectivity index (χ1n) is 16.1. The summed E-state index contributed by atoms with van der Waals surface area (Å²) in [5, 5.41) is 1.34. The fraction of sp³-hybridized carbons (Fsp3) is 0.385. The van der Waals surface area contributed by atoms with E-state index in [1.807, 2.05) is 12.1 Å². The molecule has 4 aromatic rings. The maximum atomic E-state index is 15.0. The average molecular weight is 592 g/mol. The number of aryl methyl sites for hydroxylation is 1. The van der Waals surface area contributed by atoms with Crippen molar-refractivity contribution in [1.29, 1.82) is 0 Å². The van der Waals surface area contributed by atoms with E-state index in [1.54, 1.807) is 12.1 Å². The van der Waals surface area contributed by atoms with E-state index < -0.39 is 8.07 Å². The van der Waals surface area contributed by atoms with Crippen molar-refractivity contribution in [2.24, 2.45) is 0 Å². The maximum Gasteiger partial charge on any atom is 0.128 e. The highest BCUT2D eigenvalue weighted by Crippen LogP contribution is 2.57. The van der Waals surface area contributed by atoms with Crippen LogP contribution in [0.4, 0.5) is 4.39 Å². The molecule has 2 unspecified atom stereocenters. The molecule has 2 aliphatic carbocycles. The molecule has 43 heavy (non-hydrogen) atoms. The number of halogens is 1. The van der Waals surface area contributed by atoms with Crippen LogP contribution >= 0.6 is 0 Å². The molecular weight excluding hydrogens is 546 g/mol. The van der Waals surface area contributed by atoms with Gasteiger partial charge in [0.05, 0.1) is 25.9 Å². The Morgan fingerprint density at radius 1 is 0.884 bits per heavy atom. The first-order chi connectivity index (χ1) is 20.7. The SMILES string of the molecule is Cc1ccc2c(c1)c1c(n2Cc2ccccc2F)-c2ccccc2C1[Si](C)(CCCCCCOC(C)(C)C)C1C=CC=C1. The zero-order chi connectivity index (χ0) is 30.2. The molecule has 0 saturated heterocycles. The predicted octanol–water partition coefficient (Wildman–Crippen LogP) is 10.7. The second-order valence-corrected chi connectivity index (χ2v) is 18.7. The standard InChI is InChI=1S/C39H46FNOSi/c1-28-22-23-35-33(26-28)36-37(41(35)27-29-16-8-13-21-34(29)40)31-19-11-12-20-32(31)38(36)43(5,30-17-9-10-18-30)25-15-7-6-14-24-42-39(2,3)4/h8-13,16-23,26,30,38H,6-7,14-15,24-25,27H2,1-5H3. The first-order valence-corrected chi connectivity index (χ1v) is 19.0. The number of fused-ring (bicyclic) bond motifs is 5. The van der Waals surface area contributed by atoms with Gasteiger partial charge in [0.25, 0.3) is 0 Å². The molecule has 0 spiro atoms. The number of aromatic nitrogens is 1. The largest absolute Gasteiger partial charge is 0.376 e. The Bertz CT molecular complexity index is 1660. The minimum Gasteiger partial charge on any atom is -0.376 e. The lowest BCUT2D eigenvalue weighted by Gasteiger charge is -2.39. The zero-order valence-electron chi connectivity index (χ0n) is 26.5. The second kappa shape index (κ2) is 12.1. The molecular formula is C39H46FNOSi. The molecule has 4 heteroatoms. The Labute approximate surface area is 258 Å². The minimum absolute atomic E-state index is 0.0655. The van der Waals surface area contributed by atoms with Gasteiger partial charge in [-0.15, -0.1) is 0 Å². The van der Waals surface area contributed by atoms with E-state index >= 15 is 4.39 Å². The van der Waals surface area contributed by atoms with Crippen molar-refractivity contribution < 1.29 is 9.13 Å². The average Bonchev–Trinajstić information content (AvgIpc) is 3.70. The number of benzene rings is 3. The van der Waals surface area contributed by atoms with Gasteiger partial charge in [-0.1, -0.05) is 110 Å². The third-order valence-corrected chi connectivity index (χ3v) is 14.9. The van der Waals surface area contributed by atoms with Crippen LogP contribution in [0, 0.1) is 12.7 Å². The van der Waals surface area contributed by atoms with Crippen LogP contribution in [-0.2, 0) is 11.3 Å². The minimum atomic E-state index is -2.00. The van der Waals surface area contributed by atoms with Gasteiger partial charge < -0.3 is 9.30 Å². The molecule has 3 aromatic carbocycles. The summed E-state index contributed by atoms with van der Waals surface area (Å²) in [6.07, 6.45) is 14.3. The molecule has 2 nitrogen and oxygen atoms in total. The van der Waals surface area contributed by atoms with Crippen LogP contribution in [-0.4, -0.2) is 24.8 Å². The highest BCUT2D eigenvalue weighted by Gasteiger charge is 2.49. The highest BCUT2D eigenvalue weighted by molar-refractivity contribution is 6.83. The van der Waals surface area contributed by atoms with Gasteiger partial charge in [-0.25, -0.2) is 4.39 Å². The Balaban J connectivity index is 1.41. The van der Waals surface area contributed by atoms with Gasteiger partial charge in [0.2, 0.25) is 0 Å². The monoisotopic (exact) mass is 591 g/mol. The van der Waals surface area contributed by atoms with Gasteiger partial charge in [-0.05, 0) is 69.0 Å². The molecule has 0 N–H and O–H groups in total. The fourth-order valence-corrected chi connectivity index (χ4v) is 12.6. The Morgan fingerprint density at radius 3 is 2.37 bits per heavy atom. The van der Waals surface area contributed by atoms with Gasteiger partial charge in [0.15, 0.2) is 0 Å². The summed E-state index contributed by atoms with van der Waals surface area (Å²) >= 11 is 0. The van der Waals surface area contributed by atoms with Crippen molar-refractivity contribution in [3.63, 3.8) is 0 Å². The normalized spacial score (nSPS) is 17.5. The number of ether oxygens (including phenoxy) is 1. The summed E-state index contributed by atoms with van der Waals surface area (Å²) in [7, 11) is -2.00. The van der Waals surface area contributed by atoms with Gasteiger partial charge in [-0.3, -0.25) is 0 Å². The van der Waals surface area contributed by atoms with Crippen molar-refractivity contribution in [2.45, 2.75) is 89.2 Å². The lowest BCUT2D eigenvalue weighted by atomic mass is 10.1. The molecule has 0 bridgehead atoms. The molecule has 0 radical (unpaired) electrons. The van der Waals surface area contributed by atoms with E-state index in [-0.39, 0.29) is 11.4 Å². The van der Waals surface area contributed by atoms with Crippen LogP contribution in [0.5, 0.6) is 0 Å². The van der Waals surface area contributed by atoms with Crippen LogP contribution in [0.1, 0.15) is 74.2 Å². The second-order valence-electron chi connectivity index (χ2n) is 13.9.